The predicted octanol–water partition coefficient (Wildman–Crippen LogP) is 11.4. The first-order valence-electron chi connectivity index (χ1n) is 15.8. The van der Waals surface area contributed by atoms with Crippen molar-refractivity contribution in [3.8, 4) is 28.6 Å². The Hall–Kier alpha value is -5.40. The zero-order valence-corrected chi connectivity index (χ0v) is 31.1. The molecule has 1 heterocycles. The molecule has 0 atom stereocenters. The largest absolute Gasteiger partial charge is 0.507 e. The van der Waals surface area contributed by atoms with E-state index >= 15 is 0 Å². The first-order chi connectivity index (χ1) is 27.3. The van der Waals surface area contributed by atoms with E-state index in [0.717, 1.165) is 5.56 Å². The van der Waals surface area contributed by atoms with Crippen molar-refractivity contribution in [2.24, 2.45) is 20.5 Å². The number of nitrogens with zero attached hydrogens (tertiary/aromatic N) is 5. The summed E-state index contributed by atoms with van der Waals surface area (Å²) >= 11 is 1.92. The number of methoxy groups -OCH3 is 1. The van der Waals surface area contributed by atoms with Crippen molar-refractivity contribution in [2.45, 2.75) is 21.6 Å². The van der Waals surface area contributed by atoms with Crippen LogP contribution < -0.4 is 4.74 Å². The molecule has 6 N–H and O–H groups in total. The van der Waals surface area contributed by atoms with Gasteiger partial charge in [0.25, 0.3) is 0 Å². The Bertz CT molecular complexity index is 2610. The summed E-state index contributed by atoms with van der Waals surface area (Å²) in [5, 5.41) is 79.2. The van der Waals surface area contributed by atoms with Crippen molar-refractivity contribution in [3.05, 3.63) is 90.5 Å². The number of aromatic amines is 1. The summed E-state index contributed by atoms with van der Waals surface area (Å²) in [6.45, 7) is 1.76. The molecular weight excluding hydrogens is 793 g/mol. The second kappa shape index (κ2) is 17.6. The molecule has 0 fully saturated rings. The Balaban J connectivity index is 1.24. The number of nitrogens with one attached hydrogen (secondary N) is 1. The van der Waals surface area contributed by atoms with E-state index in [-0.39, 0.29) is 39.2 Å². The summed E-state index contributed by atoms with van der Waals surface area (Å²) in [5.41, 5.74) is 3.68. The minimum atomic E-state index is -0.221. The van der Waals surface area contributed by atoms with E-state index in [1.54, 1.807) is 55.5 Å². The number of ether oxygens (including phenoxy) is 1. The number of aryl methyl sites for hydroxylation is 1. The third-order valence-electron chi connectivity index (χ3n) is 8.19. The van der Waals surface area contributed by atoms with Crippen molar-refractivity contribution >= 4 is 91.5 Å². The number of fused-ring (bicyclic) bond motifs is 4. The molecule has 18 nitrogen and oxygen atoms in total. The molecule has 0 radical (unpaired) electrons. The van der Waals surface area contributed by atoms with Gasteiger partial charge in [0.05, 0.1) is 75.9 Å². The number of rotatable bonds is 15. The molecule has 0 saturated carbocycles. The highest BCUT2D eigenvalue weighted by Crippen LogP contribution is 2.47. The molecule has 21 heteroatoms. The molecule has 0 aliphatic carbocycles. The van der Waals surface area contributed by atoms with Crippen LogP contribution in [0, 0.1) is 6.92 Å². The van der Waals surface area contributed by atoms with Crippen molar-refractivity contribution < 1.29 is 58.8 Å². The number of aromatic nitrogens is 2. The maximum Gasteiger partial charge on any atom is 0.152 e. The Morgan fingerprint density at radius 1 is 0.679 bits per heavy atom. The maximum absolute atomic E-state index is 11.5. The fraction of sp³-hybridized carbons (Fsp3) is 0.0571. The predicted molar refractivity (Wildman–Crippen MR) is 204 cm³/mol. The van der Waals surface area contributed by atoms with Crippen LogP contribution in [0.1, 0.15) is 5.56 Å². The Morgan fingerprint density at radius 3 is 2.07 bits per heavy atom. The van der Waals surface area contributed by atoms with Crippen molar-refractivity contribution in [2.75, 3.05) is 7.11 Å². The van der Waals surface area contributed by atoms with Crippen LogP contribution in [0.4, 0.5) is 22.7 Å². The zero-order chi connectivity index (χ0) is 39.2. The molecule has 7 aromatic rings. The molecule has 0 spiro atoms. The number of H-pyrrole nitrogens is 1. The van der Waals surface area contributed by atoms with Gasteiger partial charge in [-0.1, -0.05) is 45.4 Å². The summed E-state index contributed by atoms with van der Waals surface area (Å²) < 4.78 is 19.4. The third kappa shape index (κ3) is 8.24. The molecule has 286 valence electrons. The quantitative estimate of drug-likeness (QED) is 0.0244. The molecule has 0 aliphatic rings. The monoisotopic (exact) mass is 818 g/mol. The molecular formula is C35H26N6O12S3. The minimum absolute atomic E-state index is 0.0159. The normalized spacial score (nSPS) is 11.9. The number of hydrogen-bond acceptors (Lipinski definition) is 20. The summed E-state index contributed by atoms with van der Waals surface area (Å²) in [7, 11) is 1.43. The number of aromatic hydroxyl groups is 2. The number of phenolic OH excluding ortho intramolecular Hbond substituents is 2. The minimum Gasteiger partial charge on any atom is -0.507 e. The lowest BCUT2D eigenvalue weighted by molar-refractivity contribution is -0.432. The van der Waals surface area contributed by atoms with E-state index in [9.17, 15) is 10.2 Å². The van der Waals surface area contributed by atoms with Crippen LogP contribution >= 0.6 is 36.1 Å². The molecule has 0 bridgehead atoms. The Labute approximate surface area is 327 Å². The Morgan fingerprint density at radius 2 is 1.36 bits per heavy atom. The van der Waals surface area contributed by atoms with Gasteiger partial charge in [0, 0.05) is 32.2 Å². The highest BCUT2D eigenvalue weighted by Gasteiger charge is 2.19. The molecule has 7 rings (SSSR count). The highest BCUT2D eigenvalue weighted by atomic mass is 32.2. The van der Waals surface area contributed by atoms with Gasteiger partial charge in [0.2, 0.25) is 0 Å². The smallest absolute Gasteiger partial charge is 0.152 e. The van der Waals surface area contributed by atoms with E-state index in [2.05, 4.69) is 49.2 Å². The van der Waals surface area contributed by atoms with Gasteiger partial charge in [-0.2, -0.15) is 5.11 Å². The second-order valence-electron chi connectivity index (χ2n) is 11.4. The van der Waals surface area contributed by atoms with Crippen LogP contribution in [0.3, 0.4) is 0 Å². The molecule has 6 aromatic carbocycles. The van der Waals surface area contributed by atoms with E-state index in [4.69, 9.17) is 29.8 Å². The lowest BCUT2D eigenvalue weighted by Gasteiger charge is -2.11. The van der Waals surface area contributed by atoms with E-state index in [1.807, 2.05) is 30.3 Å². The van der Waals surface area contributed by atoms with Crippen LogP contribution in [0.25, 0.3) is 44.0 Å². The fourth-order valence-corrected chi connectivity index (χ4v) is 7.14. The van der Waals surface area contributed by atoms with Gasteiger partial charge in [-0.3, -0.25) is 0 Å². The van der Waals surface area contributed by atoms with Crippen LogP contribution in [-0.4, -0.2) is 43.1 Å². The fourth-order valence-electron chi connectivity index (χ4n) is 5.77. The van der Waals surface area contributed by atoms with Gasteiger partial charge >= 0.3 is 0 Å². The average molecular weight is 819 g/mol. The van der Waals surface area contributed by atoms with Gasteiger partial charge in [0.1, 0.15) is 28.7 Å². The van der Waals surface area contributed by atoms with Gasteiger partial charge in [-0.25, -0.2) is 20.8 Å². The summed E-state index contributed by atoms with van der Waals surface area (Å²) in [5.74, 6) is 0.490. The van der Waals surface area contributed by atoms with Gasteiger partial charge < -0.3 is 19.9 Å². The van der Waals surface area contributed by atoms with Crippen molar-refractivity contribution in [1.29, 1.82) is 0 Å². The lowest BCUT2D eigenvalue weighted by atomic mass is 10.1. The van der Waals surface area contributed by atoms with Gasteiger partial charge in [0.15, 0.2) is 5.75 Å². The van der Waals surface area contributed by atoms with Crippen LogP contribution in [0.15, 0.2) is 120 Å². The van der Waals surface area contributed by atoms with E-state index < -0.39 is 0 Å². The molecule has 0 saturated heterocycles. The highest BCUT2D eigenvalue weighted by molar-refractivity contribution is 7.95. The standard InChI is InChI=1S/C35H26N6O12S3/c1-17-10-26(29(47-2)16-25(17)38-40-27-13-20(54-51-48-44)11-19-12-21(55-52-49-45)14-28(42)31(19)27)39-41-33-30(56-53-50-46)15-23-22(34(33)43)8-9-24-32(23)37-35(36-24)18-6-4-3-5-7-18/h3-16,42-46H,1-2H3,(H,36,37)/b40-38+,41-39+. The first kappa shape index (κ1) is 38.9. The number of benzene rings is 6. The summed E-state index contributed by atoms with van der Waals surface area (Å²) in [6.07, 6.45) is 0. The zero-order valence-electron chi connectivity index (χ0n) is 28.6. The summed E-state index contributed by atoms with van der Waals surface area (Å²) in [4.78, 5) is 9.09. The number of imidazole rings is 1. The van der Waals surface area contributed by atoms with E-state index in [0.29, 0.717) is 95.6 Å². The SMILES string of the molecule is COc1cc(/N=N/c2cc(SOOO)cc3cc(SOOO)cc(O)c23)c(C)cc1/N=N/c1c(SOOO)cc2c(ccc3nc(-c4ccccc4)[nH]c32)c1O. The van der Waals surface area contributed by atoms with E-state index in [1.165, 1.54) is 13.2 Å². The second-order valence-corrected chi connectivity index (χ2v) is 13.7. The van der Waals surface area contributed by atoms with Crippen LogP contribution in [0.2, 0.25) is 0 Å². The van der Waals surface area contributed by atoms with Gasteiger partial charge in [-0.15, -0.1) is 28.3 Å². The summed E-state index contributed by atoms with van der Waals surface area (Å²) in [6, 6.07) is 24.2. The number of hydrogen-bond donors (Lipinski definition) is 6. The first-order valence-corrected chi connectivity index (χ1v) is 18.0. The molecule has 0 aliphatic heterocycles. The van der Waals surface area contributed by atoms with Crippen LogP contribution in [-0.2, 0) is 28.1 Å². The Kier molecular flexibility index (Phi) is 12.2. The average Bonchev–Trinajstić information content (AvgIpc) is 3.66. The van der Waals surface area contributed by atoms with Crippen molar-refractivity contribution in [3.63, 3.8) is 0 Å². The molecule has 0 amide bonds. The maximum atomic E-state index is 11.5. The van der Waals surface area contributed by atoms with Crippen molar-refractivity contribution in [1.82, 2.24) is 9.97 Å². The molecule has 1 aromatic heterocycles. The van der Waals surface area contributed by atoms with Crippen LogP contribution in [0.5, 0.6) is 17.2 Å². The molecule has 0 unspecified atom stereocenters. The van der Waals surface area contributed by atoms with Gasteiger partial charge in [-0.05, 0) is 66.4 Å². The number of azo groups is 2. The molecule has 56 heavy (non-hydrogen) atoms. The lowest BCUT2D eigenvalue weighted by Crippen LogP contribution is -1.86. The number of phenols is 2. The topological polar surface area (TPSA) is 244 Å². The third-order valence-corrected chi connectivity index (χ3v) is 9.92.